The molecule has 1 heterocycles. The summed E-state index contributed by atoms with van der Waals surface area (Å²) in [6.45, 7) is -0.0685. The fourth-order valence-corrected chi connectivity index (χ4v) is 1.71. The van der Waals surface area contributed by atoms with Crippen LogP contribution in [0.5, 0.6) is 0 Å². The molecule has 0 aliphatic heterocycles. The van der Waals surface area contributed by atoms with Crippen LogP contribution in [0.15, 0.2) is 48.8 Å². The number of hydrogen-bond donors (Lipinski definition) is 4. The quantitative estimate of drug-likeness (QED) is 0.638. The van der Waals surface area contributed by atoms with Gasteiger partial charge in [0, 0.05) is 30.3 Å². The maximum atomic E-state index is 12.0. The summed E-state index contributed by atoms with van der Waals surface area (Å²) in [6, 6.07) is 10.5. The highest BCUT2D eigenvalue weighted by molar-refractivity contribution is 6.04. The summed E-state index contributed by atoms with van der Waals surface area (Å²) in [4.78, 5) is 15.9. The average molecular weight is 287 g/mol. The zero-order valence-electron chi connectivity index (χ0n) is 11.4. The Morgan fingerprint density at radius 3 is 2.76 bits per heavy atom. The highest BCUT2D eigenvalue weighted by atomic mass is 16.3. The number of carbonyl (C=O) groups is 1. The third kappa shape index (κ3) is 4.55. The van der Waals surface area contributed by atoms with Gasteiger partial charge in [0.1, 0.15) is 0 Å². The van der Waals surface area contributed by atoms with Crippen LogP contribution in [0.1, 0.15) is 10.4 Å². The molecule has 0 saturated carbocycles. The zero-order chi connectivity index (χ0) is 15.1. The topological polar surface area (TPSA) is 94.5 Å². The molecule has 1 amide bonds. The van der Waals surface area contributed by atoms with E-state index in [1.54, 1.807) is 36.5 Å². The highest BCUT2D eigenvalue weighted by Crippen LogP contribution is 2.16. The number of pyridine rings is 1. The van der Waals surface area contributed by atoms with E-state index in [2.05, 4.69) is 15.6 Å². The molecule has 6 nitrogen and oxygen atoms in total. The SMILES string of the molecule is O=C(Nc1cccc(NCC(O)CO)c1)c1cccnc1. The van der Waals surface area contributed by atoms with Crippen molar-refractivity contribution < 1.29 is 15.0 Å². The summed E-state index contributed by atoms with van der Waals surface area (Å²) in [5, 5.41) is 23.8. The van der Waals surface area contributed by atoms with Crippen LogP contribution in [-0.2, 0) is 0 Å². The van der Waals surface area contributed by atoms with E-state index in [0.29, 0.717) is 11.3 Å². The van der Waals surface area contributed by atoms with Crippen molar-refractivity contribution in [1.29, 1.82) is 0 Å². The zero-order valence-corrected chi connectivity index (χ0v) is 11.4. The van der Waals surface area contributed by atoms with Gasteiger partial charge in [0.2, 0.25) is 0 Å². The molecule has 4 N–H and O–H groups in total. The number of rotatable bonds is 6. The minimum absolute atomic E-state index is 0.233. The number of aliphatic hydroxyl groups is 2. The molecule has 1 aromatic heterocycles. The Labute approximate surface area is 122 Å². The van der Waals surface area contributed by atoms with E-state index in [9.17, 15) is 9.90 Å². The van der Waals surface area contributed by atoms with Crippen LogP contribution in [-0.4, -0.2) is 40.4 Å². The van der Waals surface area contributed by atoms with Gasteiger partial charge in [0.15, 0.2) is 0 Å². The van der Waals surface area contributed by atoms with E-state index in [0.717, 1.165) is 5.69 Å². The van der Waals surface area contributed by atoms with E-state index >= 15 is 0 Å². The lowest BCUT2D eigenvalue weighted by Gasteiger charge is -2.11. The average Bonchev–Trinajstić information content (AvgIpc) is 2.53. The first-order chi connectivity index (χ1) is 10.2. The Balaban J connectivity index is 1.99. The summed E-state index contributed by atoms with van der Waals surface area (Å²) in [6.07, 6.45) is 2.28. The van der Waals surface area contributed by atoms with Crippen LogP contribution in [0.3, 0.4) is 0 Å². The molecule has 0 spiro atoms. The van der Waals surface area contributed by atoms with Crippen molar-refractivity contribution in [1.82, 2.24) is 4.98 Å². The van der Waals surface area contributed by atoms with E-state index in [-0.39, 0.29) is 19.1 Å². The maximum Gasteiger partial charge on any atom is 0.257 e. The maximum absolute atomic E-state index is 12.0. The van der Waals surface area contributed by atoms with Gasteiger partial charge in [-0.05, 0) is 30.3 Å². The van der Waals surface area contributed by atoms with Gasteiger partial charge in [-0.15, -0.1) is 0 Å². The molecule has 1 unspecified atom stereocenters. The summed E-state index contributed by atoms with van der Waals surface area (Å²) in [5.74, 6) is -0.240. The second-order valence-corrected chi connectivity index (χ2v) is 4.49. The lowest BCUT2D eigenvalue weighted by Crippen LogP contribution is -2.23. The highest BCUT2D eigenvalue weighted by Gasteiger charge is 2.06. The van der Waals surface area contributed by atoms with Gasteiger partial charge in [-0.2, -0.15) is 0 Å². The molecular weight excluding hydrogens is 270 g/mol. The molecule has 0 fully saturated rings. The molecule has 0 radical (unpaired) electrons. The molecular formula is C15H17N3O3. The van der Waals surface area contributed by atoms with Crippen molar-refractivity contribution >= 4 is 17.3 Å². The Morgan fingerprint density at radius 1 is 1.24 bits per heavy atom. The number of aliphatic hydroxyl groups excluding tert-OH is 2. The predicted octanol–water partition coefficient (Wildman–Crippen LogP) is 1.10. The second-order valence-electron chi connectivity index (χ2n) is 4.49. The van der Waals surface area contributed by atoms with Crippen molar-refractivity contribution in [2.24, 2.45) is 0 Å². The van der Waals surface area contributed by atoms with Crippen LogP contribution >= 0.6 is 0 Å². The first-order valence-electron chi connectivity index (χ1n) is 6.53. The molecule has 2 rings (SSSR count). The third-order valence-electron chi connectivity index (χ3n) is 2.80. The molecule has 0 aliphatic rings. The monoisotopic (exact) mass is 287 g/mol. The van der Waals surface area contributed by atoms with Gasteiger partial charge >= 0.3 is 0 Å². The summed E-state index contributed by atoms with van der Waals surface area (Å²) >= 11 is 0. The first-order valence-corrected chi connectivity index (χ1v) is 6.53. The standard InChI is InChI=1S/C15H17N3O3/c19-10-14(20)9-17-12-4-1-5-13(7-12)18-15(21)11-3-2-6-16-8-11/h1-8,14,17,19-20H,9-10H2,(H,18,21). The Kier molecular flexibility index (Phi) is 5.25. The molecule has 1 aromatic carbocycles. The number of hydrogen-bond acceptors (Lipinski definition) is 5. The molecule has 0 bridgehead atoms. The Hall–Kier alpha value is -2.44. The lowest BCUT2D eigenvalue weighted by molar-refractivity contribution is 0.102. The minimum atomic E-state index is -0.821. The summed E-state index contributed by atoms with van der Waals surface area (Å²) < 4.78 is 0. The number of anilines is 2. The van der Waals surface area contributed by atoms with E-state index < -0.39 is 6.10 Å². The van der Waals surface area contributed by atoms with Gasteiger partial charge < -0.3 is 20.8 Å². The fourth-order valence-electron chi connectivity index (χ4n) is 1.71. The van der Waals surface area contributed by atoms with Crippen LogP contribution in [0.2, 0.25) is 0 Å². The van der Waals surface area contributed by atoms with Crippen LogP contribution in [0, 0.1) is 0 Å². The van der Waals surface area contributed by atoms with Gasteiger partial charge in [0.05, 0.1) is 18.3 Å². The van der Waals surface area contributed by atoms with E-state index in [1.165, 1.54) is 6.20 Å². The fraction of sp³-hybridized carbons (Fsp3) is 0.200. The molecule has 2 aromatic rings. The van der Waals surface area contributed by atoms with Crippen LogP contribution < -0.4 is 10.6 Å². The van der Waals surface area contributed by atoms with Crippen molar-refractivity contribution in [2.45, 2.75) is 6.10 Å². The lowest BCUT2D eigenvalue weighted by atomic mass is 10.2. The summed E-state index contributed by atoms with van der Waals surface area (Å²) in [7, 11) is 0. The smallest absolute Gasteiger partial charge is 0.257 e. The number of nitrogens with zero attached hydrogens (tertiary/aromatic N) is 1. The van der Waals surface area contributed by atoms with E-state index in [1.807, 2.05) is 6.07 Å². The van der Waals surface area contributed by atoms with Crippen LogP contribution in [0.4, 0.5) is 11.4 Å². The van der Waals surface area contributed by atoms with Crippen molar-refractivity contribution in [3.8, 4) is 0 Å². The Morgan fingerprint density at radius 2 is 2.05 bits per heavy atom. The number of carbonyl (C=O) groups excluding carboxylic acids is 1. The second kappa shape index (κ2) is 7.37. The largest absolute Gasteiger partial charge is 0.394 e. The van der Waals surface area contributed by atoms with Gasteiger partial charge in [-0.3, -0.25) is 9.78 Å². The number of nitrogens with one attached hydrogen (secondary N) is 2. The summed E-state index contributed by atoms with van der Waals surface area (Å²) in [5.41, 5.74) is 1.85. The third-order valence-corrected chi connectivity index (χ3v) is 2.80. The van der Waals surface area contributed by atoms with Gasteiger partial charge in [-0.25, -0.2) is 0 Å². The predicted molar refractivity (Wildman–Crippen MR) is 80.2 cm³/mol. The molecule has 0 aliphatic carbocycles. The van der Waals surface area contributed by atoms with Crippen molar-refractivity contribution in [3.63, 3.8) is 0 Å². The normalized spacial score (nSPS) is 11.7. The van der Waals surface area contributed by atoms with Crippen LogP contribution in [0.25, 0.3) is 0 Å². The molecule has 6 heteroatoms. The molecule has 110 valence electrons. The minimum Gasteiger partial charge on any atom is -0.394 e. The number of amides is 1. The first kappa shape index (κ1) is 15.0. The van der Waals surface area contributed by atoms with Gasteiger partial charge in [0.25, 0.3) is 5.91 Å². The van der Waals surface area contributed by atoms with Gasteiger partial charge in [-0.1, -0.05) is 6.07 Å². The van der Waals surface area contributed by atoms with Crippen molar-refractivity contribution in [3.05, 3.63) is 54.4 Å². The number of benzene rings is 1. The van der Waals surface area contributed by atoms with E-state index in [4.69, 9.17) is 5.11 Å². The Bertz CT molecular complexity index is 590. The number of aromatic nitrogens is 1. The van der Waals surface area contributed by atoms with Crippen molar-refractivity contribution in [2.75, 3.05) is 23.8 Å². The molecule has 1 atom stereocenters. The molecule has 0 saturated heterocycles. The molecule has 21 heavy (non-hydrogen) atoms.